The number of methoxy groups -OCH3 is 1. The first-order valence-corrected chi connectivity index (χ1v) is 10.1. The Balaban J connectivity index is 1.66. The van der Waals surface area contributed by atoms with Crippen LogP contribution in [0.1, 0.15) is 50.4 Å². The molecule has 27 heavy (non-hydrogen) atoms. The molecule has 4 nitrogen and oxygen atoms in total. The van der Waals surface area contributed by atoms with Crippen LogP contribution in [0.2, 0.25) is 0 Å². The molecule has 0 amide bonds. The van der Waals surface area contributed by atoms with Crippen molar-refractivity contribution in [1.82, 2.24) is 4.57 Å². The summed E-state index contributed by atoms with van der Waals surface area (Å²) in [6.07, 6.45) is 4.32. The zero-order valence-corrected chi connectivity index (χ0v) is 17.2. The number of hydrogen-bond donors (Lipinski definition) is 2. The van der Waals surface area contributed by atoms with Gasteiger partial charge >= 0.3 is 0 Å². The zero-order valence-electron chi connectivity index (χ0n) is 17.2. The third-order valence-corrected chi connectivity index (χ3v) is 5.52. The van der Waals surface area contributed by atoms with Crippen LogP contribution in [-0.4, -0.2) is 42.1 Å². The Labute approximate surface area is 163 Å². The quantitative estimate of drug-likeness (QED) is 0.710. The number of aromatic nitrogens is 1. The predicted octanol–water partition coefficient (Wildman–Crippen LogP) is 2.39. The van der Waals surface area contributed by atoms with Gasteiger partial charge in [-0.3, -0.25) is 0 Å². The third kappa shape index (κ3) is 5.68. The van der Waals surface area contributed by atoms with E-state index in [1.165, 1.54) is 34.6 Å². The highest BCUT2D eigenvalue weighted by atomic mass is 16.5. The number of benzene rings is 1. The number of nitrogens with zero attached hydrogens (tertiary/aromatic N) is 1. The molecular formula is C23H35N2O2+. The van der Waals surface area contributed by atoms with Crippen molar-refractivity contribution in [2.45, 2.75) is 64.3 Å². The van der Waals surface area contributed by atoms with Crippen LogP contribution < -0.4 is 4.90 Å². The summed E-state index contributed by atoms with van der Waals surface area (Å²) in [6, 6.07) is 14.0. The maximum Gasteiger partial charge on any atom is 0.126 e. The lowest BCUT2D eigenvalue weighted by atomic mass is 9.87. The highest BCUT2D eigenvalue weighted by molar-refractivity contribution is 5.28. The zero-order chi connectivity index (χ0) is 19.4. The summed E-state index contributed by atoms with van der Waals surface area (Å²) in [5.41, 5.74) is 4.22. The molecule has 2 aromatic rings. The SMILES string of the molecule is COC[C@@H](O)C[NH+](Cc1cccn1Cc1ccc(C(C)(C)C)cc1)C1CC1. The van der Waals surface area contributed by atoms with E-state index in [9.17, 15) is 5.11 Å². The van der Waals surface area contributed by atoms with Crippen molar-refractivity contribution < 1.29 is 14.7 Å². The maximum absolute atomic E-state index is 10.2. The van der Waals surface area contributed by atoms with Crippen LogP contribution in [0.5, 0.6) is 0 Å². The molecule has 2 atom stereocenters. The Hall–Kier alpha value is -1.62. The van der Waals surface area contributed by atoms with E-state index in [2.05, 4.69) is 67.9 Å². The van der Waals surface area contributed by atoms with Gasteiger partial charge in [0.1, 0.15) is 19.2 Å². The van der Waals surface area contributed by atoms with Crippen molar-refractivity contribution in [3.8, 4) is 0 Å². The lowest BCUT2D eigenvalue weighted by Gasteiger charge is -2.23. The molecule has 0 saturated heterocycles. The first kappa shape index (κ1) is 20.1. The number of rotatable bonds is 9. The number of ether oxygens (including phenoxy) is 1. The summed E-state index contributed by atoms with van der Waals surface area (Å²) in [4.78, 5) is 1.47. The summed E-state index contributed by atoms with van der Waals surface area (Å²) < 4.78 is 7.45. The molecule has 0 aliphatic heterocycles. The molecule has 4 heteroatoms. The van der Waals surface area contributed by atoms with Gasteiger partial charge in [-0.05, 0) is 28.7 Å². The smallest absolute Gasteiger partial charge is 0.126 e. The molecule has 1 heterocycles. The maximum atomic E-state index is 10.2. The van der Waals surface area contributed by atoms with Crippen molar-refractivity contribution in [2.75, 3.05) is 20.3 Å². The molecule has 148 valence electrons. The second kappa shape index (κ2) is 8.59. The van der Waals surface area contributed by atoms with E-state index in [1.807, 2.05) is 0 Å². The molecule has 0 bridgehead atoms. The molecule has 1 unspecified atom stereocenters. The fourth-order valence-electron chi connectivity index (χ4n) is 3.73. The topological polar surface area (TPSA) is 38.8 Å². The largest absolute Gasteiger partial charge is 0.385 e. The van der Waals surface area contributed by atoms with Crippen molar-refractivity contribution in [3.63, 3.8) is 0 Å². The van der Waals surface area contributed by atoms with Crippen LogP contribution in [0.25, 0.3) is 0 Å². The van der Waals surface area contributed by atoms with Gasteiger partial charge in [-0.15, -0.1) is 0 Å². The molecule has 3 rings (SSSR count). The van der Waals surface area contributed by atoms with Crippen LogP contribution in [0.3, 0.4) is 0 Å². The van der Waals surface area contributed by atoms with Gasteiger partial charge in [0.2, 0.25) is 0 Å². The van der Waals surface area contributed by atoms with E-state index in [1.54, 1.807) is 7.11 Å². The van der Waals surface area contributed by atoms with Crippen LogP contribution in [0.4, 0.5) is 0 Å². The minimum atomic E-state index is -0.390. The van der Waals surface area contributed by atoms with Gasteiger partial charge in [0.15, 0.2) is 0 Å². The van der Waals surface area contributed by atoms with Crippen LogP contribution >= 0.6 is 0 Å². The van der Waals surface area contributed by atoms with E-state index < -0.39 is 0 Å². The molecule has 0 spiro atoms. The van der Waals surface area contributed by atoms with Crippen LogP contribution in [-0.2, 0) is 23.2 Å². The number of aliphatic hydroxyl groups is 1. The third-order valence-electron chi connectivity index (χ3n) is 5.52. The molecular weight excluding hydrogens is 336 g/mol. The molecule has 2 N–H and O–H groups in total. The molecule has 1 fully saturated rings. The lowest BCUT2D eigenvalue weighted by molar-refractivity contribution is -0.928. The second-order valence-corrected chi connectivity index (χ2v) is 9.00. The van der Waals surface area contributed by atoms with E-state index in [0.717, 1.165) is 19.6 Å². The Morgan fingerprint density at radius 1 is 1.19 bits per heavy atom. The first-order valence-electron chi connectivity index (χ1n) is 10.1. The molecule has 1 aliphatic carbocycles. The standard InChI is InChI=1S/C23H34N2O2/c1-23(2,3)19-9-7-18(8-10-19)14-24-13-5-6-21(24)15-25(20-11-12-20)16-22(26)17-27-4/h5-10,13,20,22,26H,11-12,14-17H2,1-4H3/p+1/t22-/m0/s1. The summed E-state index contributed by atoms with van der Waals surface area (Å²) in [6.45, 7) is 9.77. The van der Waals surface area contributed by atoms with Gasteiger partial charge in [-0.2, -0.15) is 0 Å². The highest BCUT2D eigenvalue weighted by Crippen LogP contribution is 2.22. The first-order chi connectivity index (χ1) is 12.9. The summed E-state index contributed by atoms with van der Waals surface area (Å²) >= 11 is 0. The minimum absolute atomic E-state index is 0.189. The highest BCUT2D eigenvalue weighted by Gasteiger charge is 2.35. The van der Waals surface area contributed by atoms with Crippen LogP contribution in [0.15, 0.2) is 42.6 Å². The van der Waals surface area contributed by atoms with Gasteiger partial charge in [-0.1, -0.05) is 45.0 Å². The molecule has 1 saturated carbocycles. The second-order valence-electron chi connectivity index (χ2n) is 9.00. The average Bonchev–Trinajstić information content (AvgIpc) is 3.37. The monoisotopic (exact) mass is 371 g/mol. The van der Waals surface area contributed by atoms with Gasteiger partial charge in [0.05, 0.1) is 18.3 Å². The van der Waals surface area contributed by atoms with Crippen molar-refractivity contribution in [2.24, 2.45) is 0 Å². The van der Waals surface area contributed by atoms with Crippen LogP contribution in [0, 0.1) is 0 Å². The molecule has 0 radical (unpaired) electrons. The number of hydrogen-bond acceptors (Lipinski definition) is 2. The lowest BCUT2D eigenvalue weighted by Crippen LogP contribution is -3.13. The van der Waals surface area contributed by atoms with Gasteiger partial charge in [0.25, 0.3) is 0 Å². The summed E-state index contributed by atoms with van der Waals surface area (Å²) in [7, 11) is 1.65. The summed E-state index contributed by atoms with van der Waals surface area (Å²) in [5.74, 6) is 0. The van der Waals surface area contributed by atoms with Crippen molar-refractivity contribution in [3.05, 3.63) is 59.4 Å². The molecule has 1 aromatic heterocycles. The normalized spacial score (nSPS) is 17.1. The Kier molecular flexibility index (Phi) is 6.40. The van der Waals surface area contributed by atoms with E-state index in [-0.39, 0.29) is 11.5 Å². The van der Waals surface area contributed by atoms with Gasteiger partial charge < -0.3 is 19.3 Å². The van der Waals surface area contributed by atoms with Gasteiger partial charge in [-0.25, -0.2) is 0 Å². The number of nitrogens with one attached hydrogen (secondary N) is 1. The van der Waals surface area contributed by atoms with E-state index in [0.29, 0.717) is 12.6 Å². The fourth-order valence-corrected chi connectivity index (χ4v) is 3.73. The number of quaternary nitrogens is 1. The average molecular weight is 372 g/mol. The Bertz CT molecular complexity index is 711. The van der Waals surface area contributed by atoms with E-state index in [4.69, 9.17) is 4.74 Å². The van der Waals surface area contributed by atoms with Gasteiger partial charge in [0, 0.05) is 32.7 Å². The fraction of sp³-hybridized carbons (Fsp3) is 0.565. The number of aliphatic hydroxyl groups excluding tert-OH is 1. The van der Waals surface area contributed by atoms with E-state index >= 15 is 0 Å². The molecule has 1 aliphatic rings. The Morgan fingerprint density at radius 2 is 1.89 bits per heavy atom. The Morgan fingerprint density at radius 3 is 2.48 bits per heavy atom. The summed E-state index contributed by atoms with van der Waals surface area (Å²) in [5, 5.41) is 10.2. The molecule has 1 aromatic carbocycles. The minimum Gasteiger partial charge on any atom is -0.385 e. The van der Waals surface area contributed by atoms with Crippen molar-refractivity contribution in [1.29, 1.82) is 0 Å². The predicted molar refractivity (Wildman–Crippen MR) is 109 cm³/mol. The van der Waals surface area contributed by atoms with Crippen molar-refractivity contribution >= 4 is 0 Å².